The molecule has 0 saturated carbocycles. The van der Waals surface area contributed by atoms with Crippen LogP contribution in [0.3, 0.4) is 0 Å². The molecule has 1 aliphatic carbocycles. The van der Waals surface area contributed by atoms with E-state index in [1.807, 2.05) is 12.1 Å². The van der Waals surface area contributed by atoms with E-state index in [-0.39, 0.29) is 35.2 Å². The summed E-state index contributed by atoms with van der Waals surface area (Å²) >= 11 is 1.66. The first-order valence-corrected chi connectivity index (χ1v) is 12.1. The van der Waals surface area contributed by atoms with E-state index >= 15 is 0 Å². The van der Waals surface area contributed by atoms with Gasteiger partial charge >= 0.3 is 5.63 Å². The van der Waals surface area contributed by atoms with Crippen LogP contribution in [0.5, 0.6) is 0 Å². The second kappa shape index (κ2) is 7.11. The number of anilines is 1. The highest BCUT2D eigenvalue weighted by Crippen LogP contribution is 2.51. The Kier molecular flexibility index (Phi) is 4.79. The molecule has 0 radical (unpaired) electrons. The lowest BCUT2D eigenvalue weighted by molar-refractivity contribution is 0.398. The third-order valence-electron chi connectivity index (χ3n) is 7.53. The fourth-order valence-electron chi connectivity index (χ4n) is 5.53. The summed E-state index contributed by atoms with van der Waals surface area (Å²) in [5, 5.41) is 2.09. The SMILES string of the molecule is C.CC1(C)CCN2CCC(C)(C)c3c2c1cc1cc(C2=NC4C=CC=CC4S2)c(=O)oc31. The van der Waals surface area contributed by atoms with E-state index in [0.717, 1.165) is 41.9 Å². The molecule has 0 amide bonds. The summed E-state index contributed by atoms with van der Waals surface area (Å²) in [6.45, 7) is 11.4. The number of allylic oxidation sites excluding steroid dienone is 2. The highest BCUT2D eigenvalue weighted by molar-refractivity contribution is 8.15. The maximum absolute atomic E-state index is 13.2. The lowest BCUT2D eigenvalue weighted by Gasteiger charge is -2.48. The third-order valence-corrected chi connectivity index (χ3v) is 8.79. The summed E-state index contributed by atoms with van der Waals surface area (Å²) in [5.74, 6) is 0. The molecule has 2 atom stereocenters. The van der Waals surface area contributed by atoms with E-state index in [1.165, 1.54) is 16.8 Å². The average Bonchev–Trinajstić information content (AvgIpc) is 3.15. The molecule has 0 saturated heterocycles. The van der Waals surface area contributed by atoms with Crippen molar-refractivity contribution in [3.8, 4) is 0 Å². The first-order chi connectivity index (χ1) is 14.7. The molecule has 32 heavy (non-hydrogen) atoms. The van der Waals surface area contributed by atoms with Crippen molar-refractivity contribution in [2.45, 2.75) is 70.1 Å². The highest BCUT2D eigenvalue weighted by atomic mass is 32.2. The molecule has 3 aliphatic heterocycles. The molecule has 2 aromatic rings. The number of nitrogens with zero attached hydrogens (tertiary/aromatic N) is 2. The highest BCUT2D eigenvalue weighted by Gasteiger charge is 2.42. The predicted octanol–water partition coefficient (Wildman–Crippen LogP) is 5.95. The van der Waals surface area contributed by atoms with Gasteiger partial charge < -0.3 is 9.32 Å². The van der Waals surface area contributed by atoms with E-state index < -0.39 is 0 Å². The van der Waals surface area contributed by atoms with Crippen LogP contribution in [0.25, 0.3) is 11.0 Å². The van der Waals surface area contributed by atoms with E-state index in [0.29, 0.717) is 5.56 Å². The van der Waals surface area contributed by atoms with Gasteiger partial charge in [0.15, 0.2) is 0 Å². The largest absolute Gasteiger partial charge is 0.422 e. The van der Waals surface area contributed by atoms with Crippen LogP contribution in [0.1, 0.15) is 64.7 Å². The number of aliphatic imine (C=N–C) groups is 1. The second-order valence-electron chi connectivity index (χ2n) is 10.5. The molecule has 2 unspecified atom stereocenters. The minimum absolute atomic E-state index is 0. The average molecular weight is 449 g/mol. The fraction of sp³-hybridized carbons (Fsp3) is 0.481. The summed E-state index contributed by atoms with van der Waals surface area (Å²) in [7, 11) is 0. The Morgan fingerprint density at radius 2 is 1.78 bits per heavy atom. The zero-order valence-corrected chi connectivity index (χ0v) is 19.4. The van der Waals surface area contributed by atoms with Crippen LogP contribution >= 0.6 is 11.8 Å². The van der Waals surface area contributed by atoms with Crippen molar-refractivity contribution in [3.63, 3.8) is 0 Å². The molecule has 5 heteroatoms. The van der Waals surface area contributed by atoms with Gasteiger partial charge in [-0.15, -0.1) is 0 Å². The first-order valence-electron chi connectivity index (χ1n) is 11.3. The zero-order chi connectivity index (χ0) is 21.5. The lowest BCUT2D eigenvalue weighted by atomic mass is 9.69. The smallest absolute Gasteiger partial charge is 0.346 e. The Balaban J connectivity index is 0.00000216. The summed E-state index contributed by atoms with van der Waals surface area (Å²) in [5.41, 5.74) is 5.06. The van der Waals surface area contributed by atoms with Crippen molar-refractivity contribution in [3.05, 3.63) is 63.5 Å². The molecule has 4 heterocycles. The first kappa shape index (κ1) is 21.6. The summed E-state index contributed by atoms with van der Waals surface area (Å²) in [4.78, 5) is 20.5. The molecular formula is C27H32N2O2S. The van der Waals surface area contributed by atoms with Gasteiger partial charge in [0.2, 0.25) is 0 Å². The van der Waals surface area contributed by atoms with Crippen molar-refractivity contribution in [2.24, 2.45) is 4.99 Å². The van der Waals surface area contributed by atoms with Crippen LogP contribution in [0, 0.1) is 0 Å². The van der Waals surface area contributed by atoms with Crippen molar-refractivity contribution < 1.29 is 4.42 Å². The summed E-state index contributed by atoms with van der Waals surface area (Å²) < 4.78 is 6.12. The molecular weight excluding hydrogens is 416 g/mol. The van der Waals surface area contributed by atoms with Crippen LogP contribution in [0.2, 0.25) is 0 Å². The zero-order valence-electron chi connectivity index (χ0n) is 18.6. The van der Waals surface area contributed by atoms with E-state index in [2.05, 4.69) is 56.9 Å². The van der Waals surface area contributed by atoms with Gasteiger partial charge in [-0.1, -0.05) is 71.2 Å². The molecule has 0 fully saturated rings. The number of benzene rings is 1. The summed E-state index contributed by atoms with van der Waals surface area (Å²) in [6.07, 6.45) is 10.6. The van der Waals surface area contributed by atoms with Gasteiger partial charge in [-0.3, -0.25) is 4.99 Å². The van der Waals surface area contributed by atoms with Gasteiger partial charge in [0, 0.05) is 29.7 Å². The minimum atomic E-state index is -0.274. The Morgan fingerprint density at radius 3 is 2.53 bits per heavy atom. The summed E-state index contributed by atoms with van der Waals surface area (Å²) in [6, 6.07) is 4.42. The number of thioether (sulfide) groups is 1. The van der Waals surface area contributed by atoms with Crippen LogP contribution in [0.4, 0.5) is 5.69 Å². The van der Waals surface area contributed by atoms with Crippen LogP contribution < -0.4 is 10.5 Å². The molecule has 0 spiro atoms. The second-order valence-corrected chi connectivity index (χ2v) is 11.7. The Bertz CT molecular complexity index is 1260. The van der Waals surface area contributed by atoms with Crippen LogP contribution in [-0.2, 0) is 10.8 Å². The normalized spacial score (nSPS) is 26.4. The molecule has 0 N–H and O–H groups in total. The lowest BCUT2D eigenvalue weighted by Crippen LogP contribution is -2.44. The van der Waals surface area contributed by atoms with Crippen LogP contribution in [-0.4, -0.2) is 29.4 Å². The van der Waals surface area contributed by atoms with Gasteiger partial charge in [-0.2, -0.15) is 0 Å². The topological polar surface area (TPSA) is 45.8 Å². The van der Waals surface area contributed by atoms with Gasteiger partial charge in [0.25, 0.3) is 0 Å². The Hall–Kier alpha value is -2.27. The van der Waals surface area contributed by atoms with Crippen molar-refractivity contribution in [1.29, 1.82) is 0 Å². The van der Waals surface area contributed by atoms with Crippen LogP contribution in [0.15, 0.2) is 50.6 Å². The predicted molar refractivity (Wildman–Crippen MR) is 137 cm³/mol. The fourth-order valence-corrected chi connectivity index (χ4v) is 6.70. The van der Waals surface area contributed by atoms with Crippen molar-refractivity contribution >= 4 is 33.5 Å². The number of rotatable bonds is 1. The standard InChI is InChI=1S/C26H28N2O2S.CH4/c1-25(2)9-11-28-12-10-26(3,4)20-21(28)17(25)14-15-13-16(24(29)30-22(15)20)23-27-18-7-5-6-8-19(18)31-23;/h5-8,13-14,18-19H,9-12H2,1-4H3;1H4. The molecule has 4 aliphatic rings. The monoisotopic (exact) mass is 448 g/mol. The molecule has 1 aromatic heterocycles. The number of hydrogen-bond acceptors (Lipinski definition) is 5. The van der Waals surface area contributed by atoms with E-state index in [1.54, 1.807) is 11.8 Å². The van der Waals surface area contributed by atoms with Crippen molar-refractivity contribution in [2.75, 3.05) is 18.0 Å². The Labute approximate surface area is 194 Å². The molecule has 0 bridgehead atoms. The van der Waals surface area contributed by atoms with E-state index in [4.69, 9.17) is 9.41 Å². The van der Waals surface area contributed by atoms with Gasteiger partial charge in [-0.05, 0) is 41.4 Å². The molecule has 168 valence electrons. The number of fused-ring (bicyclic) bond motifs is 3. The minimum Gasteiger partial charge on any atom is -0.422 e. The Morgan fingerprint density at radius 1 is 1.06 bits per heavy atom. The van der Waals surface area contributed by atoms with Gasteiger partial charge in [0.1, 0.15) is 10.6 Å². The number of hydrogen-bond donors (Lipinski definition) is 0. The third kappa shape index (κ3) is 3.04. The quantitative estimate of drug-likeness (QED) is 0.505. The van der Waals surface area contributed by atoms with Gasteiger partial charge in [0.05, 0.1) is 16.9 Å². The van der Waals surface area contributed by atoms with Crippen molar-refractivity contribution in [1.82, 2.24) is 0 Å². The molecule has 1 aromatic carbocycles. The molecule has 4 nitrogen and oxygen atoms in total. The maximum atomic E-state index is 13.2. The van der Waals surface area contributed by atoms with E-state index in [9.17, 15) is 4.79 Å². The maximum Gasteiger partial charge on any atom is 0.346 e. The van der Waals surface area contributed by atoms with Gasteiger partial charge in [-0.25, -0.2) is 4.79 Å². The molecule has 6 rings (SSSR count).